The van der Waals surface area contributed by atoms with Gasteiger partial charge in [-0.15, -0.1) is 0 Å². The molecule has 1 aliphatic rings. The van der Waals surface area contributed by atoms with Crippen LogP contribution in [0.4, 0.5) is 5.69 Å². The number of nitrogens with one attached hydrogen (secondary N) is 2. The van der Waals surface area contributed by atoms with Crippen LogP contribution in [0.3, 0.4) is 0 Å². The summed E-state index contributed by atoms with van der Waals surface area (Å²) in [6.45, 7) is 1.39. The first-order chi connectivity index (χ1) is 11.7. The van der Waals surface area contributed by atoms with Gasteiger partial charge in [-0.3, -0.25) is 9.59 Å². The average molecular weight is 327 g/mol. The molecule has 126 valence electrons. The third-order valence-electron chi connectivity index (χ3n) is 4.27. The molecule has 0 spiro atoms. The zero-order valence-corrected chi connectivity index (χ0v) is 13.4. The molecule has 0 saturated carbocycles. The molecule has 1 aromatic carbocycles. The maximum atomic E-state index is 12.7. The number of aliphatic hydroxyl groups excluding tert-OH is 1. The Bertz CT molecular complexity index is 712. The smallest absolute Gasteiger partial charge is 0.272 e. The zero-order chi connectivity index (χ0) is 16.9. The fourth-order valence-corrected chi connectivity index (χ4v) is 2.98. The number of rotatable bonds is 4. The van der Waals surface area contributed by atoms with Gasteiger partial charge in [-0.2, -0.15) is 0 Å². The van der Waals surface area contributed by atoms with Gasteiger partial charge in [0.05, 0.1) is 0 Å². The minimum Gasteiger partial charge on any atom is -0.396 e. The molecule has 1 saturated heterocycles. The first-order valence-electron chi connectivity index (χ1n) is 8.12. The highest BCUT2D eigenvalue weighted by Gasteiger charge is 2.24. The molecule has 3 N–H and O–H groups in total. The first-order valence-corrected chi connectivity index (χ1v) is 8.12. The minimum atomic E-state index is -0.247. The standard InChI is InChI=1S/C18H21N3O3/c22-12-13-4-3-9-21(11-13)18(24)14-5-1-6-15(10-14)20-17(23)16-7-2-8-19-16/h1-2,5-8,10,13,19,22H,3-4,9,11-12H2,(H,20,23)/t13-/m1/s1. The van der Waals surface area contributed by atoms with Crippen LogP contribution >= 0.6 is 0 Å². The SMILES string of the molecule is O=C(Nc1cccc(C(=O)N2CCC[C@@H](CO)C2)c1)c1ccc[nH]1. The Labute approximate surface area is 140 Å². The summed E-state index contributed by atoms with van der Waals surface area (Å²) >= 11 is 0. The molecule has 2 amide bonds. The molecule has 1 fully saturated rings. The number of aromatic amines is 1. The normalized spacial score (nSPS) is 17.5. The number of aliphatic hydroxyl groups is 1. The number of hydrogen-bond donors (Lipinski definition) is 3. The minimum absolute atomic E-state index is 0.0656. The van der Waals surface area contributed by atoms with Gasteiger partial charge in [0.2, 0.25) is 0 Å². The summed E-state index contributed by atoms with van der Waals surface area (Å²) < 4.78 is 0. The van der Waals surface area contributed by atoms with Crippen LogP contribution in [0.5, 0.6) is 0 Å². The van der Waals surface area contributed by atoms with Crippen molar-refractivity contribution in [2.24, 2.45) is 5.92 Å². The number of piperidine rings is 1. The maximum absolute atomic E-state index is 12.7. The molecule has 6 nitrogen and oxygen atoms in total. The lowest BCUT2D eigenvalue weighted by molar-refractivity contribution is 0.0620. The number of anilines is 1. The lowest BCUT2D eigenvalue weighted by atomic mass is 9.98. The van der Waals surface area contributed by atoms with E-state index in [1.54, 1.807) is 47.5 Å². The van der Waals surface area contributed by atoms with Crippen molar-refractivity contribution >= 4 is 17.5 Å². The van der Waals surface area contributed by atoms with E-state index in [1.165, 1.54) is 0 Å². The fourth-order valence-electron chi connectivity index (χ4n) is 2.98. The Balaban J connectivity index is 1.70. The van der Waals surface area contributed by atoms with Gasteiger partial charge in [0.25, 0.3) is 11.8 Å². The van der Waals surface area contributed by atoms with Crippen LogP contribution in [0.1, 0.15) is 33.7 Å². The van der Waals surface area contributed by atoms with Gasteiger partial charge in [0, 0.05) is 37.1 Å². The Hall–Kier alpha value is -2.60. The van der Waals surface area contributed by atoms with Crippen molar-refractivity contribution < 1.29 is 14.7 Å². The van der Waals surface area contributed by atoms with Crippen molar-refractivity contribution in [1.29, 1.82) is 0 Å². The second-order valence-corrected chi connectivity index (χ2v) is 6.06. The number of amides is 2. The molecular formula is C18H21N3O3. The first kappa shape index (κ1) is 16.3. The predicted molar refractivity (Wildman–Crippen MR) is 90.9 cm³/mol. The summed E-state index contributed by atoms with van der Waals surface area (Å²) in [6, 6.07) is 10.4. The summed E-state index contributed by atoms with van der Waals surface area (Å²) in [5.74, 6) is -0.162. The van der Waals surface area contributed by atoms with E-state index in [-0.39, 0.29) is 24.3 Å². The van der Waals surface area contributed by atoms with Gasteiger partial charge in [-0.1, -0.05) is 6.07 Å². The molecule has 24 heavy (non-hydrogen) atoms. The second kappa shape index (κ2) is 7.31. The van der Waals surface area contributed by atoms with E-state index >= 15 is 0 Å². The summed E-state index contributed by atoms with van der Waals surface area (Å²) in [6.07, 6.45) is 3.54. The molecule has 6 heteroatoms. The van der Waals surface area contributed by atoms with Crippen molar-refractivity contribution in [3.8, 4) is 0 Å². The lowest BCUT2D eigenvalue weighted by Crippen LogP contribution is -2.40. The van der Waals surface area contributed by atoms with Crippen molar-refractivity contribution in [3.05, 3.63) is 53.9 Å². The Morgan fingerprint density at radius 2 is 2.17 bits per heavy atom. The number of H-pyrrole nitrogens is 1. The number of benzene rings is 1. The van der Waals surface area contributed by atoms with E-state index in [9.17, 15) is 14.7 Å². The van der Waals surface area contributed by atoms with E-state index in [0.29, 0.717) is 30.0 Å². The number of hydrogen-bond acceptors (Lipinski definition) is 3. The molecule has 1 aromatic heterocycles. The summed E-state index contributed by atoms with van der Waals surface area (Å²) in [4.78, 5) is 29.3. The van der Waals surface area contributed by atoms with Crippen molar-refractivity contribution in [2.45, 2.75) is 12.8 Å². The van der Waals surface area contributed by atoms with Crippen LogP contribution in [0, 0.1) is 5.92 Å². The number of aromatic nitrogens is 1. The van der Waals surface area contributed by atoms with Gasteiger partial charge in [0.15, 0.2) is 0 Å². The Morgan fingerprint density at radius 3 is 2.92 bits per heavy atom. The third-order valence-corrected chi connectivity index (χ3v) is 4.27. The van der Waals surface area contributed by atoms with Crippen molar-refractivity contribution in [3.63, 3.8) is 0 Å². The highest BCUT2D eigenvalue weighted by atomic mass is 16.3. The van der Waals surface area contributed by atoms with Gasteiger partial charge in [0.1, 0.15) is 5.69 Å². The van der Waals surface area contributed by atoms with Crippen LogP contribution in [0.2, 0.25) is 0 Å². The largest absolute Gasteiger partial charge is 0.396 e. The van der Waals surface area contributed by atoms with Crippen molar-refractivity contribution in [1.82, 2.24) is 9.88 Å². The average Bonchev–Trinajstić information content (AvgIpc) is 3.16. The topological polar surface area (TPSA) is 85.4 Å². The molecule has 0 unspecified atom stereocenters. The number of carbonyl (C=O) groups is 2. The summed E-state index contributed by atoms with van der Waals surface area (Å²) in [5, 5.41) is 12.1. The van der Waals surface area contributed by atoms with Gasteiger partial charge < -0.3 is 20.3 Å². The van der Waals surface area contributed by atoms with E-state index in [2.05, 4.69) is 10.3 Å². The molecule has 1 aliphatic heterocycles. The molecule has 2 heterocycles. The Morgan fingerprint density at radius 1 is 1.29 bits per heavy atom. The lowest BCUT2D eigenvalue weighted by Gasteiger charge is -2.32. The van der Waals surface area contributed by atoms with Crippen LogP contribution in [0.15, 0.2) is 42.6 Å². The van der Waals surface area contributed by atoms with Crippen LogP contribution in [-0.4, -0.2) is 46.5 Å². The van der Waals surface area contributed by atoms with E-state index in [1.807, 2.05) is 0 Å². The van der Waals surface area contributed by atoms with Gasteiger partial charge >= 0.3 is 0 Å². The molecule has 2 aromatic rings. The third kappa shape index (κ3) is 3.65. The van der Waals surface area contributed by atoms with E-state index in [0.717, 1.165) is 12.8 Å². The van der Waals surface area contributed by atoms with Gasteiger partial charge in [-0.05, 0) is 49.1 Å². The molecule has 1 atom stereocenters. The van der Waals surface area contributed by atoms with Gasteiger partial charge in [-0.25, -0.2) is 0 Å². The molecule has 0 bridgehead atoms. The molecule has 0 aliphatic carbocycles. The molecular weight excluding hydrogens is 306 g/mol. The summed E-state index contributed by atoms with van der Waals surface area (Å²) in [7, 11) is 0. The number of nitrogens with zero attached hydrogens (tertiary/aromatic N) is 1. The highest BCUT2D eigenvalue weighted by Crippen LogP contribution is 2.20. The Kier molecular flexibility index (Phi) is 4.96. The van der Waals surface area contributed by atoms with Crippen LogP contribution in [0.25, 0.3) is 0 Å². The van der Waals surface area contributed by atoms with Crippen LogP contribution in [-0.2, 0) is 0 Å². The number of likely N-dealkylation sites (tertiary alicyclic amines) is 1. The van der Waals surface area contributed by atoms with Crippen LogP contribution < -0.4 is 5.32 Å². The molecule has 3 rings (SSSR count). The fraction of sp³-hybridized carbons (Fsp3) is 0.333. The van der Waals surface area contributed by atoms with E-state index < -0.39 is 0 Å². The highest BCUT2D eigenvalue weighted by molar-refractivity contribution is 6.04. The monoisotopic (exact) mass is 327 g/mol. The summed E-state index contributed by atoms with van der Waals surface area (Å²) in [5.41, 5.74) is 1.59. The molecule has 0 radical (unpaired) electrons. The quantitative estimate of drug-likeness (QED) is 0.804. The van der Waals surface area contributed by atoms with Crippen molar-refractivity contribution in [2.75, 3.05) is 25.0 Å². The second-order valence-electron chi connectivity index (χ2n) is 6.06. The zero-order valence-electron chi connectivity index (χ0n) is 13.4. The number of carbonyl (C=O) groups excluding carboxylic acids is 2. The van der Waals surface area contributed by atoms with E-state index in [4.69, 9.17) is 0 Å². The maximum Gasteiger partial charge on any atom is 0.272 e. The predicted octanol–water partition coefficient (Wildman–Crippen LogP) is 2.11.